The second-order valence-corrected chi connectivity index (χ2v) is 5.49. The highest BCUT2D eigenvalue weighted by Gasteiger charge is 2.50. The van der Waals surface area contributed by atoms with E-state index < -0.39 is 5.41 Å². The van der Waals surface area contributed by atoms with Gasteiger partial charge < -0.3 is 9.64 Å². The molecule has 0 aromatic carbocycles. The van der Waals surface area contributed by atoms with Crippen LogP contribution in [0.4, 0.5) is 0 Å². The van der Waals surface area contributed by atoms with Crippen molar-refractivity contribution in [3.63, 3.8) is 0 Å². The van der Waals surface area contributed by atoms with Gasteiger partial charge in [0.15, 0.2) is 0 Å². The van der Waals surface area contributed by atoms with Crippen LogP contribution in [0.15, 0.2) is 0 Å². The van der Waals surface area contributed by atoms with Gasteiger partial charge in [-0.3, -0.25) is 4.79 Å². The molecule has 2 rings (SSSR count). The third kappa shape index (κ3) is 2.30. The third-order valence-electron chi connectivity index (χ3n) is 3.76. The first-order valence-electron chi connectivity index (χ1n) is 6.39. The van der Waals surface area contributed by atoms with E-state index in [1.807, 2.05) is 11.8 Å². The molecule has 2 fully saturated rings. The molecule has 1 heterocycles. The highest BCUT2D eigenvalue weighted by Crippen LogP contribution is 2.46. The molecule has 0 aromatic rings. The molecule has 0 radical (unpaired) electrons. The predicted octanol–water partition coefficient (Wildman–Crippen LogP) is 1.56. The van der Waals surface area contributed by atoms with E-state index >= 15 is 0 Å². The number of carbonyl (C=O) groups excluding carboxylic acids is 1. The van der Waals surface area contributed by atoms with Gasteiger partial charge in [0.25, 0.3) is 0 Å². The minimum Gasteiger partial charge on any atom is -0.377 e. The van der Waals surface area contributed by atoms with Crippen molar-refractivity contribution >= 4 is 5.91 Å². The largest absolute Gasteiger partial charge is 0.377 e. The van der Waals surface area contributed by atoms with Gasteiger partial charge in [0, 0.05) is 19.7 Å². The molecule has 0 N–H and O–H groups in total. The molecule has 2 aliphatic rings. The molecular weight excluding hydrogens is 216 g/mol. The van der Waals surface area contributed by atoms with E-state index in [1.54, 1.807) is 0 Å². The number of hydrogen-bond donors (Lipinski definition) is 0. The minimum atomic E-state index is -0.733. The van der Waals surface area contributed by atoms with Crippen LogP contribution in [-0.2, 0) is 9.53 Å². The fraction of sp³-hybridized carbons (Fsp3) is 0.846. The van der Waals surface area contributed by atoms with Crippen molar-refractivity contribution in [3.8, 4) is 6.07 Å². The standard InChI is InChI=1S/C13H20N2O2/c1-10-6-13(7-10,9-14)12(16)15-4-3-5-17-11(2)8-15/h10-11H,3-8H2,1-2H3. The topological polar surface area (TPSA) is 53.3 Å². The molecule has 0 spiro atoms. The van der Waals surface area contributed by atoms with Gasteiger partial charge in [-0.2, -0.15) is 5.26 Å². The second-order valence-electron chi connectivity index (χ2n) is 5.49. The summed E-state index contributed by atoms with van der Waals surface area (Å²) in [5, 5.41) is 9.26. The Morgan fingerprint density at radius 2 is 2.18 bits per heavy atom. The SMILES string of the molecule is CC1CC(C#N)(C(=O)N2CCCOC(C)C2)C1. The molecule has 1 saturated heterocycles. The summed E-state index contributed by atoms with van der Waals surface area (Å²) in [6.07, 6.45) is 2.38. The smallest absolute Gasteiger partial charge is 0.243 e. The molecule has 0 aromatic heterocycles. The average molecular weight is 236 g/mol. The number of carbonyl (C=O) groups is 1. The van der Waals surface area contributed by atoms with E-state index in [4.69, 9.17) is 4.74 Å². The summed E-state index contributed by atoms with van der Waals surface area (Å²) < 4.78 is 5.53. The van der Waals surface area contributed by atoms with Crippen molar-refractivity contribution in [1.82, 2.24) is 4.90 Å². The van der Waals surface area contributed by atoms with Gasteiger partial charge in [-0.05, 0) is 32.1 Å². The van der Waals surface area contributed by atoms with E-state index in [1.165, 1.54) is 0 Å². The summed E-state index contributed by atoms with van der Waals surface area (Å²) in [5.74, 6) is 0.523. The summed E-state index contributed by atoms with van der Waals surface area (Å²) >= 11 is 0. The predicted molar refractivity (Wildman–Crippen MR) is 63.1 cm³/mol. The molecule has 1 aliphatic heterocycles. The van der Waals surface area contributed by atoms with Crippen LogP contribution in [0.3, 0.4) is 0 Å². The lowest BCUT2D eigenvalue weighted by Gasteiger charge is -2.42. The summed E-state index contributed by atoms with van der Waals surface area (Å²) in [6, 6.07) is 2.25. The van der Waals surface area contributed by atoms with Crippen molar-refractivity contribution in [2.45, 2.75) is 39.2 Å². The highest BCUT2D eigenvalue weighted by molar-refractivity contribution is 5.86. The molecule has 1 saturated carbocycles. The summed E-state index contributed by atoms with van der Waals surface area (Å²) in [4.78, 5) is 14.3. The van der Waals surface area contributed by atoms with E-state index in [0.29, 0.717) is 31.9 Å². The average Bonchev–Trinajstić information content (AvgIpc) is 2.48. The zero-order chi connectivity index (χ0) is 12.5. The van der Waals surface area contributed by atoms with Gasteiger partial charge in [-0.1, -0.05) is 6.92 Å². The van der Waals surface area contributed by atoms with Crippen LogP contribution >= 0.6 is 0 Å². The number of rotatable bonds is 1. The summed E-state index contributed by atoms with van der Waals surface area (Å²) in [7, 11) is 0. The molecule has 1 aliphatic carbocycles. The Morgan fingerprint density at radius 1 is 1.47 bits per heavy atom. The fourth-order valence-corrected chi connectivity index (χ4v) is 2.93. The minimum absolute atomic E-state index is 0.0236. The Kier molecular flexibility index (Phi) is 3.39. The van der Waals surface area contributed by atoms with Gasteiger partial charge in [-0.15, -0.1) is 0 Å². The maximum atomic E-state index is 12.4. The van der Waals surface area contributed by atoms with Crippen LogP contribution in [0.5, 0.6) is 0 Å². The van der Waals surface area contributed by atoms with Crippen LogP contribution in [0.2, 0.25) is 0 Å². The van der Waals surface area contributed by atoms with Crippen molar-refractivity contribution < 1.29 is 9.53 Å². The van der Waals surface area contributed by atoms with Crippen molar-refractivity contribution in [3.05, 3.63) is 0 Å². The first-order chi connectivity index (χ1) is 8.07. The lowest BCUT2D eigenvalue weighted by atomic mass is 9.62. The molecule has 4 nitrogen and oxygen atoms in total. The Bertz CT molecular complexity index is 342. The van der Waals surface area contributed by atoms with Gasteiger partial charge >= 0.3 is 0 Å². The first-order valence-corrected chi connectivity index (χ1v) is 6.39. The van der Waals surface area contributed by atoms with E-state index in [0.717, 1.165) is 13.0 Å². The van der Waals surface area contributed by atoms with E-state index in [9.17, 15) is 10.1 Å². The Labute approximate surface area is 103 Å². The van der Waals surface area contributed by atoms with Crippen molar-refractivity contribution in [2.75, 3.05) is 19.7 Å². The number of nitrogens with zero attached hydrogens (tertiary/aromatic N) is 2. The van der Waals surface area contributed by atoms with Gasteiger partial charge in [0.05, 0.1) is 12.2 Å². The molecule has 94 valence electrons. The Balaban J connectivity index is 2.06. The molecule has 17 heavy (non-hydrogen) atoms. The monoisotopic (exact) mass is 236 g/mol. The molecular formula is C13H20N2O2. The normalized spacial score (nSPS) is 37.8. The third-order valence-corrected chi connectivity index (χ3v) is 3.76. The summed E-state index contributed by atoms with van der Waals surface area (Å²) in [5.41, 5.74) is -0.733. The Morgan fingerprint density at radius 3 is 2.76 bits per heavy atom. The Hall–Kier alpha value is -1.08. The van der Waals surface area contributed by atoms with Crippen LogP contribution in [0.25, 0.3) is 0 Å². The van der Waals surface area contributed by atoms with Crippen molar-refractivity contribution in [1.29, 1.82) is 5.26 Å². The van der Waals surface area contributed by atoms with Gasteiger partial charge in [0.1, 0.15) is 5.41 Å². The maximum absolute atomic E-state index is 12.4. The van der Waals surface area contributed by atoms with Crippen LogP contribution in [-0.4, -0.2) is 36.6 Å². The van der Waals surface area contributed by atoms with E-state index in [-0.39, 0.29) is 12.0 Å². The molecule has 1 amide bonds. The fourth-order valence-electron chi connectivity index (χ4n) is 2.93. The number of nitriles is 1. The zero-order valence-electron chi connectivity index (χ0n) is 10.6. The molecule has 0 bridgehead atoms. The zero-order valence-corrected chi connectivity index (χ0v) is 10.6. The summed E-state index contributed by atoms with van der Waals surface area (Å²) in [6.45, 7) is 6.13. The van der Waals surface area contributed by atoms with Crippen molar-refractivity contribution in [2.24, 2.45) is 11.3 Å². The quantitative estimate of drug-likeness (QED) is 0.694. The van der Waals surface area contributed by atoms with Crippen LogP contribution < -0.4 is 0 Å². The second kappa shape index (κ2) is 4.66. The molecule has 4 heteroatoms. The number of ether oxygens (including phenoxy) is 1. The first kappa shape index (κ1) is 12.4. The number of amides is 1. The van der Waals surface area contributed by atoms with Crippen LogP contribution in [0.1, 0.15) is 33.1 Å². The van der Waals surface area contributed by atoms with Crippen LogP contribution in [0, 0.1) is 22.7 Å². The van der Waals surface area contributed by atoms with Gasteiger partial charge in [-0.25, -0.2) is 0 Å². The molecule has 1 atom stereocenters. The number of hydrogen-bond acceptors (Lipinski definition) is 3. The lowest BCUT2D eigenvalue weighted by Crippen LogP contribution is -2.51. The lowest BCUT2D eigenvalue weighted by molar-refractivity contribution is -0.146. The van der Waals surface area contributed by atoms with Gasteiger partial charge in [0.2, 0.25) is 5.91 Å². The maximum Gasteiger partial charge on any atom is 0.243 e. The highest BCUT2D eigenvalue weighted by atomic mass is 16.5. The molecule has 1 unspecified atom stereocenters. The van der Waals surface area contributed by atoms with E-state index in [2.05, 4.69) is 13.0 Å².